The summed E-state index contributed by atoms with van der Waals surface area (Å²) in [4.78, 5) is 5.68. The third-order valence-electron chi connectivity index (χ3n) is 5.67. The minimum atomic E-state index is 0.0811. The van der Waals surface area contributed by atoms with Crippen molar-refractivity contribution >= 4 is 6.21 Å². The van der Waals surface area contributed by atoms with Crippen molar-refractivity contribution in [1.29, 1.82) is 0 Å². The molecule has 4 nitrogen and oxygen atoms in total. The molecule has 0 heterocycles. The largest absolute Gasteiger partial charge is 0.396 e. The van der Waals surface area contributed by atoms with Gasteiger partial charge in [0.05, 0.1) is 25.4 Å². The summed E-state index contributed by atoms with van der Waals surface area (Å²) in [7, 11) is 0. The molecule has 0 spiro atoms. The molecule has 0 saturated heterocycles. The van der Waals surface area contributed by atoms with Crippen molar-refractivity contribution in [3.05, 3.63) is 71.8 Å². The Morgan fingerprint density at radius 2 is 1.16 bits per heavy atom. The second kappa shape index (κ2) is 14.1. The summed E-state index contributed by atoms with van der Waals surface area (Å²) < 4.78 is 12.4. The number of hydrogen-bond donors (Lipinski definition) is 0. The SMILES string of the molecule is CC(C)C(OCc1ccccc1)C(C)C=NOCC(C)C(OCc1ccccc1)C(C)C. The molecule has 0 N–H and O–H groups in total. The van der Waals surface area contributed by atoms with Crippen LogP contribution in [0.25, 0.3) is 0 Å². The number of ether oxygens (including phenoxy) is 2. The van der Waals surface area contributed by atoms with Crippen LogP contribution in [-0.2, 0) is 27.5 Å². The van der Waals surface area contributed by atoms with Crippen molar-refractivity contribution in [2.24, 2.45) is 28.8 Å². The molecule has 0 aliphatic rings. The lowest BCUT2D eigenvalue weighted by atomic mass is 9.95. The predicted octanol–water partition coefficient (Wildman–Crippen LogP) is 6.74. The average molecular weight is 440 g/mol. The molecule has 4 heteroatoms. The first-order chi connectivity index (χ1) is 15.4. The highest BCUT2D eigenvalue weighted by Gasteiger charge is 2.23. The van der Waals surface area contributed by atoms with Gasteiger partial charge in [-0.3, -0.25) is 0 Å². The third-order valence-corrected chi connectivity index (χ3v) is 5.67. The van der Waals surface area contributed by atoms with E-state index in [4.69, 9.17) is 14.3 Å². The minimum Gasteiger partial charge on any atom is -0.396 e. The van der Waals surface area contributed by atoms with Crippen LogP contribution in [0.5, 0.6) is 0 Å². The van der Waals surface area contributed by atoms with Gasteiger partial charge in [0.1, 0.15) is 6.61 Å². The highest BCUT2D eigenvalue weighted by atomic mass is 16.6. The Labute approximate surface area is 195 Å². The van der Waals surface area contributed by atoms with Gasteiger partial charge in [0.2, 0.25) is 0 Å². The Bertz CT molecular complexity index is 761. The molecule has 4 atom stereocenters. The van der Waals surface area contributed by atoms with Crippen LogP contribution >= 0.6 is 0 Å². The summed E-state index contributed by atoms with van der Waals surface area (Å²) in [5.41, 5.74) is 2.37. The number of benzene rings is 2. The Kier molecular flexibility index (Phi) is 11.5. The van der Waals surface area contributed by atoms with Gasteiger partial charge in [0.15, 0.2) is 0 Å². The Morgan fingerprint density at radius 3 is 1.62 bits per heavy atom. The quantitative estimate of drug-likeness (QED) is 0.242. The molecule has 32 heavy (non-hydrogen) atoms. The fourth-order valence-corrected chi connectivity index (χ4v) is 3.98. The topological polar surface area (TPSA) is 40.0 Å². The van der Waals surface area contributed by atoms with Gasteiger partial charge in [-0.15, -0.1) is 0 Å². The van der Waals surface area contributed by atoms with Gasteiger partial charge < -0.3 is 14.3 Å². The van der Waals surface area contributed by atoms with E-state index in [1.165, 1.54) is 11.1 Å². The maximum Gasteiger partial charge on any atom is 0.122 e. The Hall–Kier alpha value is -2.17. The van der Waals surface area contributed by atoms with Crippen molar-refractivity contribution < 1.29 is 14.3 Å². The second-order valence-corrected chi connectivity index (χ2v) is 9.40. The van der Waals surface area contributed by atoms with Crippen LogP contribution in [0.2, 0.25) is 0 Å². The summed E-state index contributed by atoms with van der Waals surface area (Å²) in [6.07, 6.45) is 2.07. The van der Waals surface area contributed by atoms with E-state index in [-0.39, 0.29) is 24.0 Å². The number of oxime groups is 1. The minimum absolute atomic E-state index is 0.0811. The molecule has 2 aromatic rings. The predicted molar refractivity (Wildman–Crippen MR) is 132 cm³/mol. The smallest absolute Gasteiger partial charge is 0.122 e. The normalized spacial score (nSPS) is 15.8. The fraction of sp³-hybridized carbons (Fsp3) is 0.536. The highest BCUT2D eigenvalue weighted by Crippen LogP contribution is 2.20. The van der Waals surface area contributed by atoms with Crippen LogP contribution in [0, 0.1) is 23.7 Å². The number of rotatable bonds is 14. The van der Waals surface area contributed by atoms with Gasteiger partial charge in [0, 0.05) is 18.1 Å². The van der Waals surface area contributed by atoms with Crippen LogP contribution in [-0.4, -0.2) is 25.0 Å². The van der Waals surface area contributed by atoms with Crippen molar-refractivity contribution in [2.75, 3.05) is 6.61 Å². The van der Waals surface area contributed by atoms with E-state index >= 15 is 0 Å². The molecule has 0 amide bonds. The highest BCUT2D eigenvalue weighted by molar-refractivity contribution is 5.60. The molecule has 2 rings (SSSR count). The van der Waals surface area contributed by atoms with Gasteiger partial charge in [-0.25, -0.2) is 0 Å². The third kappa shape index (κ3) is 9.13. The summed E-state index contributed by atoms with van der Waals surface area (Å²) >= 11 is 0. The van der Waals surface area contributed by atoms with Gasteiger partial charge in [-0.2, -0.15) is 0 Å². The zero-order valence-electron chi connectivity index (χ0n) is 20.6. The molecule has 0 aromatic heterocycles. The molecule has 176 valence electrons. The molecule has 0 radical (unpaired) electrons. The lowest BCUT2D eigenvalue weighted by Gasteiger charge is -2.27. The molecule has 4 unspecified atom stereocenters. The monoisotopic (exact) mass is 439 g/mol. The van der Waals surface area contributed by atoms with E-state index in [1.807, 2.05) is 42.6 Å². The van der Waals surface area contributed by atoms with E-state index < -0.39 is 0 Å². The van der Waals surface area contributed by atoms with E-state index in [0.717, 1.165) is 0 Å². The maximum atomic E-state index is 6.22. The van der Waals surface area contributed by atoms with Crippen molar-refractivity contribution in [3.8, 4) is 0 Å². The summed E-state index contributed by atoms with van der Waals surface area (Å²) in [6.45, 7) is 14.8. The standard InChI is InChI=1S/C28H41NO3/c1-21(2)27(30-19-25-13-9-7-10-14-25)23(5)17-29-32-18-24(6)28(22(3)4)31-20-26-15-11-8-12-16-26/h7-17,21-24,27-28H,18-20H2,1-6H3. The van der Waals surface area contributed by atoms with Crippen LogP contribution < -0.4 is 0 Å². The fourth-order valence-electron chi connectivity index (χ4n) is 3.98. The molecule has 0 aliphatic carbocycles. The van der Waals surface area contributed by atoms with Crippen molar-refractivity contribution in [1.82, 2.24) is 0 Å². The molecule has 2 aromatic carbocycles. The lowest BCUT2D eigenvalue weighted by Crippen LogP contribution is -2.30. The van der Waals surface area contributed by atoms with E-state index in [1.54, 1.807) is 0 Å². The second-order valence-electron chi connectivity index (χ2n) is 9.40. The van der Waals surface area contributed by atoms with Gasteiger partial charge in [-0.05, 0) is 23.0 Å². The first kappa shape index (κ1) is 26.1. The van der Waals surface area contributed by atoms with Gasteiger partial charge >= 0.3 is 0 Å². The summed E-state index contributed by atoms with van der Waals surface area (Å²) in [5.74, 6) is 1.18. The molecular formula is C28H41NO3. The van der Waals surface area contributed by atoms with Crippen molar-refractivity contribution in [3.63, 3.8) is 0 Å². The zero-order chi connectivity index (χ0) is 23.3. The Morgan fingerprint density at radius 1 is 0.688 bits per heavy atom. The maximum absolute atomic E-state index is 6.22. The van der Waals surface area contributed by atoms with E-state index in [0.29, 0.717) is 31.7 Å². The summed E-state index contributed by atoms with van der Waals surface area (Å²) in [5, 5.41) is 4.27. The van der Waals surface area contributed by atoms with E-state index in [9.17, 15) is 0 Å². The molecule has 0 bridgehead atoms. The van der Waals surface area contributed by atoms with Gasteiger partial charge in [-0.1, -0.05) is 107 Å². The van der Waals surface area contributed by atoms with E-state index in [2.05, 4.69) is 71.0 Å². The van der Waals surface area contributed by atoms with Crippen LogP contribution in [0.15, 0.2) is 65.8 Å². The van der Waals surface area contributed by atoms with Crippen molar-refractivity contribution in [2.45, 2.75) is 67.0 Å². The Balaban J connectivity index is 1.80. The lowest BCUT2D eigenvalue weighted by molar-refractivity contribution is -0.0485. The first-order valence-electron chi connectivity index (χ1n) is 11.8. The molecule has 0 fully saturated rings. The zero-order valence-corrected chi connectivity index (χ0v) is 20.6. The number of hydrogen-bond acceptors (Lipinski definition) is 4. The number of nitrogens with zero attached hydrogens (tertiary/aromatic N) is 1. The molecule has 0 saturated carbocycles. The molecule has 0 aliphatic heterocycles. The summed E-state index contributed by atoms with van der Waals surface area (Å²) in [6, 6.07) is 20.6. The van der Waals surface area contributed by atoms with Crippen LogP contribution in [0.3, 0.4) is 0 Å². The average Bonchev–Trinajstić information content (AvgIpc) is 2.78. The van der Waals surface area contributed by atoms with Gasteiger partial charge in [0.25, 0.3) is 0 Å². The van der Waals surface area contributed by atoms with Crippen LogP contribution in [0.4, 0.5) is 0 Å². The first-order valence-corrected chi connectivity index (χ1v) is 11.8. The van der Waals surface area contributed by atoms with Crippen LogP contribution in [0.1, 0.15) is 52.7 Å². The molecular weight excluding hydrogens is 398 g/mol.